The van der Waals surface area contributed by atoms with Crippen molar-refractivity contribution < 1.29 is 13.9 Å². The maximum atomic E-state index is 12.9. The second-order valence-electron chi connectivity index (χ2n) is 3.19. The van der Waals surface area contributed by atoms with Crippen LogP contribution in [-0.4, -0.2) is 19.5 Å². The molecule has 0 saturated carbocycles. The van der Waals surface area contributed by atoms with Gasteiger partial charge < -0.3 is 4.74 Å². The first kappa shape index (κ1) is 12.1. The number of ether oxygens (including phenoxy) is 1. The van der Waals surface area contributed by atoms with Gasteiger partial charge >= 0.3 is 0 Å². The fourth-order valence-electron chi connectivity index (χ4n) is 1.20. The Labute approximate surface area is 93.0 Å². The van der Waals surface area contributed by atoms with E-state index in [4.69, 9.17) is 16.3 Å². The zero-order valence-corrected chi connectivity index (χ0v) is 9.18. The van der Waals surface area contributed by atoms with Gasteiger partial charge in [0.05, 0.1) is 6.61 Å². The molecule has 2 nitrogen and oxygen atoms in total. The third-order valence-electron chi connectivity index (χ3n) is 1.98. The predicted octanol–water partition coefficient (Wildman–Crippen LogP) is 2.63. The molecule has 0 aromatic heterocycles. The van der Waals surface area contributed by atoms with Gasteiger partial charge in [0.25, 0.3) is 0 Å². The lowest BCUT2D eigenvalue weighted by molar-refractivity contribution is -0.119. The molecular weight excluding hydrogens is 219 g/mol. The number of methoxy groups -OCH3 is 1. The van der Waals surface area contributed by atoms with Crippen LogP contribution >= 0.6 is 11.6 Å². The van der Waals surface area contributed by atoms with E-state index in [1.165, 1.54) is 25.3 Å². The van der Waals surface area contributed by atoms with Crippen molar-refractivity contribution in [1.29, 1.82) is 0 Å². The molecule has 0 spiro atoms. The molecule has 1 aromatic rings. The molecule has 0 atom stereocenters. The highest BCUT2D eigenvalue weighted by atomic mass is 35.5. The fourth-order valence-corrected chi connectivity index (χ4v) is 1.38. The van der Waals surface area contributed by atoms with Gasteiger partial charge in [-0.2, -0.15) is 0 Å². The number of ketones is 1. The lowest BCUT2D eigenvalue weighted by atomic mass is 10.1. The van der Waals surface area contributed by atoms with E-state index in [-0.39, 0.29) is 18.0 Å². The molecule has 0 heterocycles. The number of rotatable bonds is 5. The Bertz CT molecular complexity index is 352. The average molecular weight is 231 g/mol. The number of halogens is 2. The van der Waals surface area contributed by atoms with Crippen LogP contribution in [0.5, 0.6) is 0 Å². The fraction of sp³-hybridized carbons (Fsp3) is 0.364. The standard InChI is InChI=1S/C11H12ClFO2/c1-15-5-4-10(14)7-8-6-9(13)2-3-11(8)12/h2-3,6H,4-5,7H2,1H3. The molecule has 0 aliphatic heterocycles. The molecule has 0 radical (unpaired) electrons. The minimum Gasteiger partial charge on any atom is -0.384 e. The summed E-state index contributed by atoms with van der Waals surface area (Å²) in [5, 5.41) is 0.419. The van der Waals surface area contributed by atoms with Gasteiger partial charge in [-0.1, -0.05) is 11.6 Å². The minimum atomic E-state index is -0.381. The first-order chi connectivity index (χ1) is 7.13. The number of benzene rings is 1. The van der Waals surface area contributed by atoms with Crippen LogP contribution in [0.1, 0.15) is 12.0 Å². The number of Topliss-reactive ketones (excluding diaryl/α,β-unsaturated/α-hetero) is 1. The third kappa shape index (κ3) is 3.98. The first-order valence-corrected chi connectivity index (χ1v) is 4.96. The minimum absolute atomic E-state index is 0.00986. The van der Waals surface area contributed by atoms with E-state index in [9.17, 15) is 9.18 Å². The Balaban J connectivity index is 2.63. The average Bonchev–Trinajstić information content (AvgIpc) is 2.20. The highest BCUT2D eigenvalue weighted by Gasteiger charge is 2.08. The summed E-state index contributed by atoms with van der Waals surface area (Å²) < 4.78 is 17.6. The lowest BCUT2D eigenvalue weighted by Crippen LogP contribution is -2.06. The monoisotopic (exact) mass is 230 g/mol. The summed E-state index contributed by atoms with van der Waals surface area (Å²) in [6.45, 7) is 0.381. The zero-order chi connectivity index (χ0) is 11.3. The quantitative estimate of drug-likeness (QED) is 0.777. The first-order valence-electron chi connectivity index (χ1n) is 4.58. The third-order valence-corrected chi connectivity index (χ3v) is 2.35. The van der Waals surface area contributed by atoms with E-state index >= 15 is 0 Å². The topological polar surface area (TPSA) is 26.3 Å². The lowest BCUT2D eigenvalue weighted by Gasteiger charge is -2.03. The highest BCUT2D eigenvalue weighted by molar-refractivity contribution is 6.31. The van der Waals surface area contributed by atoms with E-state index in [1.54, 1.807) is 0 Å². The molecule has 0 unspecified atom stereocenters. The Morgan fingerprint density at radius 1 is 1.53 bits per heavy atom. The Kier molecular flexibility index (Phi) is 4.72. The van der Waals surface area contributed by atoms with Crippen LogP contribution in [0.25, 0.3) is 0 Å². The van der Waals surface area contributed by atoms with Gasteiger partial charge in [0.15, 0.2) is 0 Å². The van der Waals surface area contributed by atoms with Crippen LogP contribution in [0, 0.1) is 5.82 Å². The second kappa shape index (κ2) is 5.83. The van der Waals surface area contributed by atoms with Crippen molar-refractivity contribution in [1.82, 2.24) is 0 Å². The summed E-state index contributed by atoms with van der Waals surface area (Å²) >= 11 is 5.82. The van der Waals surface area contributed by atoms with Gasteiger partial charge in [0.1, 0.15) is 11.6 Å². The highest BCUT2D eigenvalue weighted by Crippen LogP contribution is 2.18. The Morgan fingerprint density at radius 3 is 2.93 bits per heavy atom. The number of carbonyl (C=O) groups is 1. The smallest absolute Gasteiger partial charge is 0.139 e. The molecule has 15 heavy (non-hydrogen) atoms. The molecule has 0 amide bonds. The maximum Gasteiger partial charge on any atom is 0.139 e. The normalized spacial score (nSPS) is 10.3. The summed E-state index contributed by atoms with van der Waals surface area (Å²) in [6.07, 6.45) is 0.475. The molecule has 0 N–H and O–H groups in total. The van der Waals surface area contributed by atoms with Crippen molar-refractivity contribution in [3.63, 3.8) is 0 Å². The number of hydrogen-bond acceptors (Lipinski definition) is 2. The van der Waals surface area contributed by atoms with Crippen LogP contribution in [0.15, 0.2) is 18.2 Å². The van der Waals surface area contributed by atoms with Gasteiger partial charge in [-0.05, 0) is 23.8 Å². The predicted molar refractivity (Wildman–Crippen MR) is 56.6 cm³/mol. The van der Waals surface area contributed by atoms with E-state index < -0.39 is 0 Å². The Morgan fingerprint density at radius 2 is 2.27 bits per heavy atom. The SMILES string of the molecule is COCCC(=O)Cc1cc(F)ccc1Cl. The summed E-state index contributed by atoms with van der Waals surface area (Å²) in [6, 6.07) is 4.01. The van der Waals surface area contributed by atoms with Gasteiger partial charge in [0, 0.05) is 25.0 Å². The molecule has 0 aliphatic rings. The molecule has 0 bridgehead atoms. The van der Waals surface area contributed by atoms with Crippen LogP contribution in [0.3, 0.4) is 0 Å². The largest absolute Gasteiger partial charge is 0.384 e. The van der Waals surface area contributed by atoms with Gasteiger partial charge in [-0.25, -0.2) is 4.39 Å². The van der Waals surface area contributed by atoms with Crippen LogP contribution in [0.2, 0.25) is 5.02 Å². The molecule has 0 fully saturated rings. The van der Waals surface area contributed by atoms with Gasteiger partial charge in [0.2, 0.25) is 0 Å². The molecule has 0 saturated heterocycles. The summed E-state index contributed by atoms with van der Waals surface area (Å²) in [5.74, 6) is -0.390. The van der Waals surface area contributed by atoms with E-state index in [1.807, 2.05) is 0 Å². The molecule has 1 rings (SSSR count). The molecular formula is C11H12ClFO2. The van der Waals surface area contributed by atoms with Crippen molar-refractivity contribution in [3.05, 3.63) is 34.6 Å². The maximum absolute atomic E-state index is 12.9. The summed E-state index contributed by atoms with van der Waals surface area (Å²) in [5.41, 5.74) is 0.526. The summed E-state index contributed by atoms with van der Waals surface area (Å²) in [7, 11) is 1.53. The van der Waals surface area contributed by atoms with Crippen molar-refractivity contribution in [2.75, 3.05) is 13.7 Å². The Hall–Kier alpha value is -0.930. The number of carbonyl (C=O) groups excluding carboxylic acids is 1. The van der Waals surface area contributed by atoms with Gasteiger partial charge in [-0.3, -0.25) is 4.79 Å². The van der Waals surface area contributed by atoms with E-state index in [0.29, 0.717) is 23.6 Å². The second-order valence-corrected chi connectivity index (χ2v) is 3.60. The van der Waals surface area contributed by atoms with Crippen LogP contribution in [-0.2, 0) is 16.0 Å². The van der Waals surface area contributed by atoms with Crippen molar-refractivity contribution in [2.24, 2.45) is 0 Å². The van der Waals surface area contributed by atoms with Crippen molar-refractivity contribution in [3.8, 4) is 0 Å². The number of hydrogen-bond donors (Lipinski definition) is 0. The van der Waals surface area contributed by atoms with Gasteiger partial charge in [-0.15, -0.1) is 0 Å². The zero-order valence-electron chi connectivity index (χ0n) is 8.43. The summed E-state index contributed by atoms with van der Waals surface area (Å²) in [4.78, 5) is 11.4. The molecule has 1 aromatic carbocycles. The van der Waals surface area contributed by atoms with Crippen LogP contribution < -0.4 is 0 Å². The van der Waals surface area contributed by atoms with Crippen molar-refractivity contribution in [2.45, 2.75) is 12.8 Å². The molecule has 4 heteroatoms. The van der Waals surface area contributed by atoms with E-state index in [2.05, 4.69) is 0 Å². The molecule has 82 valence electrons. The van der Waals surface area contributed by atoms with Crippen molar-refractivity contribution >= 4 is 17.4 Å². The van der Waals surface area contributed by atoms with Crippen LogP contribution in [0.4, 0.5) is 4.39 Å². The van der Waals surface area contributed by atoms with E-state index in [0.717, 1.165) is 0 Å². The molecule has 0 aliphatic carbocycles.